The zero-order valence-corrected chi connectivity index (χ0v) is 16.7. The van der Waals surface area contributed by atoms with Gasteiger partial charge in [-0.15, -0.1) is 0 Å². The monoisotopic (exact) mass is 444 g/mol. The van der Waals surface area contributed by atoms with E-state index in [0.29, 0.717) is 0 Å². The molecule has 0 aromatic heterocycles. The third-order valence-electron chi connectivity index (χ3n) is 5.21. The number of thioether (sulfide) groups is 1. The second-order valence-corrected chi connectivity index (χ2v) is 9.06. The van der Waals surface area contributed by atoms with Crippen molar-refractivity contribution in [2.75, 3.05) is 31.1 Å². The van der Waals surface area contributed by atoms with Gasteiger partial charge in [-0.05, 0) is 66.1 Å². The molecule has 1 N–H and O–H groups in total. The van der Waals surface area contributed by atoms with E-state index in [1.807, 2.05) is 18.2 Å². The van der Waals surface area contributed by atoms with Crippen LogP contribution in [0.2, 0.25) is 0 Å². The molecular weight excluding hydrogens is 419 g/mol. The molecule has 2 aliphatic rings. The van der Waals surface area contributed by atoms with Gasteiger partial charge in [-0.25, -0.2) is 0 Å². The summed E-state index contributed by atoms with van der Waals surface area (Å²) in [4.78, 5) is 15.2. The van der Waals surface area contributed by atoms with Gasteiger partial charge >= 0.3 is 0 Å². The number of carbonyl (C=O) groups excluding carboxylic acids is 1. The molecule has 0 radical (unpaired) electrons. The fourth-order valence-electron chi connectivity index (χ4n) is 3.81. The van der Waals surface area contributed by atoms with Crippen LogP contribution < -0.4 is 5.32 Å². The van der Waals surface area contributed by atoms with Crippen LogP contribution in [0.5, 0.6) is 0 Å². The molecule has 5 heteroatoms. The molecule has 0 bridgehead atoms. The number of nitrogens with zero attached hydrogens (tertiary/aromatic N) is 1. The minimum atomic E-state index is 0.0714. The Morgan fingerprint density at radius 3 is 2.65 bits per heavy atom. The number of benzene rings is 1. The van der Waals surface area contributed by atoms with Gasteiger partial charge in [-0.1, -0.05) is 12.8 Å². The predicted molar refractivity (Wildman–Crippen MR) is 106 cm³/mol. The van der Waals surface area contributed by atoms with Crippen molar-refractivity contribution in [1.29, 1.82) is 0 Å². The Kier molecular flexibility index (Phi) is 5.91. The molecule has 1 saturated carbocycles. The van der Waals surface area contributed by atoms with E-state index in [9.17, 15) is 4.79 Å². The minimum Gasteiger partial charge on any atom is -0.350 e. The van der Waals surface area contributed by atoms with E-state index in [-0.39, 0.29) is 11.4 Å². The van der Waals surface area contributed by atoms with Crippen LogP contribution in [-0.4, -0.2) is 47.5 Å². The molecule has 1 aromatic carbocycles. The Morgan fingerprint density at radius 1 is 1.30 bits per heavy atom. The van der Waals surface area contributed by atoms with Crippen molar-refractivity contribution in [2.24, 2.45) is 0 Å². The highest BCUT2D eigenvalue weighted by Crippen LogP contribution is 2.36. The zero-order chi connectivity index (χ0) is 16.3. The number of aryl methyl sites for hydroxylation is 1. The van der Waals surface area contributed by atoms with Crippen LogP contribution in [0, 0.1) is 10.5 Å². The third-order valence-corrected chi connectivity index (χ3v) is 7.37. The normalized spacial score (nSPS) is 21.3. The summed E-state index contributed by atoms with van der Waals surface area (Å²) < 4.78 is 1.21. The second kappa shape index (κ2) is 7.74. The highest BCUT2D eigenvalue weighted by atomic mass is 127. The molecule has 23 heavy (non-hydrogen) atoms. The molecule has 0 atom stereocenters. The second-order valence-electron chi connectivity index (χ2n) is 6.68. The number of halogens is 1. The molecule has 1 amide bonds. The van der Waals surface area contributed by atoms with Gasteiger partial charge in [-0.3, -0.25) is 9.69 Å². The van der Waals surface area contributed by atoms with Crippen molar-refractivity contribution in [3.63, 3.8) is 0 Å². The lowest BCUT2D eigenvalue weighted by Gasteiger charge is -2.43. The molecule has 1 aliphatic heterocycles. The minimum absolute atomic E-state index is 0.0714. The van der Waals surface area contributed by atoms with Crippen LogP contribution in [0.3, 0.4) is 0 Å². The summed E-state index contributed by atoms with van der Waals surface area (Å²) in [6.07, 6.45) is 5.04. The molecule has 0 spiro atoms. The van der Waals surface area contributed by atoms with Crippen molar-refractivity contribution in [3.8, 4) is 0 Å². The largest absolute Gasteiger partial charge is 0.350 e. The first-order valence-corrected chi connectivity index (χ1v) is 10.7. The van der Waals surface area contributed by atoms with Gasteiger partial charge in [0.05, 0.1) is 0 Å². The molecule has 126 valence electrons. The molecule has 1 aromatic rings. The first-order valence-electron chi connectivity index (χ1n) is 8.48. The van der Waals surface area contributed by atoms with Crippen LogP contribution in [0.4, 0.5) is 0 Å². The van der Waals surface area contributed by atoms with Crippen molar-refractivity contribution in [2.45, 2.75) is 38.1 Å². The number of hydrogen-bond acceptors (Lipinski definition) is 3. The third kappa shape index (κ3) is 4.04. The molecule has 0 unspecified atom stereocenters. The Balaban J connectivity index is 1.66. The fraction of sp³-hybridized carbons (Fsp3) is 0.611. The van der Waals surface area contributed by atoms with Crippen LogP contribution in [0.15, 0.2) is 18.2 Å². The predicted octanol–water partition coefficient (Wildman–Crippen LogP) is 3.69. The van der Waals surface area contributed by atoms with Gasteiger partial charge in [0.15, 0.2) is 0 Å². The number of amides is 1. The van der Waals surface area contributed by atoms with Crippen LogP contribution in [-0.2, 0) is 0 Å². The summed E-state index contributed by atoms with van der Waals surface area (Å²) in [5.41, 5.74) is 2.15. The Hall–Kier alpha value is -0.270. The number of nitrogens with one attached hydrogen (secondary N) is 1. The van der Waals surface area contributed by atoms with E-state index in [1.165, 1.54) is 59.4 Å². The summed E-state index contributed by atoms with van der Waals surface area (Å²) in [5, 5.41) is 3.24. The average molecular weight is 444 g/mol. The summed E-state index contributed by atoms with van der Waals surface area (Å²) in [6, 6.07) is 5.96. The van der Waals surface area contributed by atoms with Crippen LogP contribution in [0.25, 0.3) is 0 Å². The quantitative estimate of drug-likeness (QED) is 0.720. The van der Waals surface area contributed by atoms with Crippen molar-refractivity contribution in [3.05, 3.63) is 32.9 Å². The lowest BCUT2D eigenvalue weighted by molar-refractivity contribution is 0.0817. The van der Waals surface area contributed by atoms with Gasteiger partial charge < -0.3 is 5.32 Å². The summed E-state index contributed by atoms with van der Waals surface area (Å²) in [6.45, 7) is 5.19. The first-order chi connectivity index (χ1) is 11.1. The molecule has 3 rings (SSSR count). The molecule has 2 fully saturated rings. The molecule has 1 aliphatic carbocycles. The summed E-state index contributed by atoms with van der Waals surface area (Å²) in [5.74, 6) is 2.53. The number of carbonyl (C=O) groups is 1. The van der Waals surface area contributed by atoms with Gasteiger partial charge in [0, 0.05) is 45.8 Å². The number of hydrogen-bond donors (Lipinski definition) is 1. The Morgan fingerprint density at radius 2 is 2.00 bits per heavy atom. The van der Waals surface area contributed by atoms with E-state index < -0.39 is 0 Å². The highest BCUT2D eigenvalue weighted by Gasteiger charge is 2.40. The topological polar surface area (TPSA) is 32.3 Å². The van der Waals surface area contributed by atoms with Gasteiger partial charge in [0.1, 0.15) is 0 Å². The SMILES string of the molecule is Cc1cc(C(=O)NCC2(N3CCSCC3)CCCC2)ccc1I. The first kappa shape index (κ1) is 17.5. The van der Waals surface area contributed by atoms with E-state index in [2.05, 4.69) is 51.5 Å². The average Bonchev–Trinajstić information content (AvgIpc) is 3.06. The zero-order valence-electron chi connectivity index (χ0n) is 13.7. The standard InChI is InChI=1S/C18H25IN2OS/c1-14-12-15(4-5-16(14)19)17(22)20-13-18(6-2-3-7-18)21-8-10-23-11-9-21/h4-5,12H,2-3,6-11,13H2,1H3,(H,20,22). The van der Waals surface area contributed by atoms with Crippen molar-refractivity contribution >= 4 is 40.3 Å². The summed E-state index contributed by atoms with van der Waals surface area (Å²) >= 11 is 4.36. The number of rotatable bonds is 4. The van der Waals surface area contributed by atoms with Gasteiger partial charge in [0.2, 0.25) is 0 Å². The Bertz CT molecular complexity index is 566. The van der Waals surface area contributed by atoms with E-state index in [0.717, 1.165) is 12.1 Å². The van der Waals surface area contributed by atoms with E-state index >= 15 is 0 Å². The van der Waals surface area contributed by atoms with Crippen molar-refractivity contribution < 1.29 is 4.79 Å². The smallest absolute Gasteiger partial charge is 0.251 e. The molecule has 1 saturated heterocycles. The van der Waals surface area contributed by atoms with Crippen molar-refractivity contribution in [1.82, 2.24) is 10.2 Å². The maximum atomic E-state index is 12.6. The van der Waals surface area contributed by atoms with E-state index in [4.69, 9.17) is 0 Å². The lowest BCUT2D eigenvalue weighted by atomic mass is 9.94. The van der Waals surface area contributed by atoms with Gasteiger partial charge in [-0.2, -0.15) is 11.8 Å². The molecule has 3 nitrogen and oxygen atoms in total. The highest BCUT2D eigenvalue weighted by molar-refractivity contribution is 14.1. The van der Waals surface area contributed by atoms with Crippen LogP contribution >= 0.6 is 34.4 Å². The van der Waals surface area contributed by atoms with Gasteiger partial charge in [0.25, 0.3) is 5.91 Å². The maximum absolute atomic E-state index is 12.6. The fourth-order valence-corrected chi connectivity index (χ4v) is 5.05. The van der Waals surface area contributed by atoms with Crippen LogP contribution in [0.1, 0.15) is 41.6 Å². The molecule has 1 heterocycles. The summed E-state index contributed by atoms with van der Waals surface area (Å²) in [7, 11) is 0. The maximum Gasteiger partial charge on any atom is 0.251 e. The van der Waals surface area contributed by atoms with E-state index in [1.54, 1.807) is 0 Å². The lowest BCUT2D eigenvalue weighted by Crippen LogP contribution is -2.56. The molecular formula is C18H25IN2OS. The Labute approximate surface area is 157 Å².